The van der Waals surface area contributed by atoms with Gasteiger partial charge in [0.2, 0.25) is 5.91 Å². The van der Waals surface area contributed by atoms with Crippen LogP contribution in [0.5, 0.6) is 0 Å². The number of hydrogen-bond donors (Lipinski definition) is 1. The molecular weight excluding hydrogens is 439 g/mol. The summed E-state index contributed by atoms with van der Waals surface area (Å²) in [6.45, 7) is 0.416. The lowest BCUT2D eigenvalue weighted by Gasteiger charge is -2.29. The van der Waals surface area contributed by atoms with Crippen molar-refractivity contribution in [3.63, 3.8) is 0 Å². The number of anilines is 1. The molecule has 0 bridgehead atoms. The summed E-state index contributed by atoms with van der Waals surface area (Å²) >= 11 is 13.6. The molecule has 0 radical (unpaired) electrons. The average Bonchev–Trinajstić information content (AvgIpc) is 3.25. The molecule has 1 N–H and O–H groups in total. The molecule has 0 saturated carbocycles. The summed E-state index contributed by atoms with van der Waals surface area (Å²) in [6.07, 6.45) is 6.08. The van der Waals surface area contributed by atoms with E-state index in [1.165, 1.54) is 16.2 Å². The maximum Gasteiger partial charge on any atom is 0.303 e. The van der Waals surface area contributed by atoms with Crippen LogP contribution >= 0.6 is 34.5 Å². The van der Waals surface area contributed by atoms with E-state index < -0.39 is 11.9 Å². The Hall–Kier alpha value is -2.78. The Balaban J connectivity index is 1.91. The third-order valence-electron chi connectivity index (χ3n) is 4.34. The van der Waals surface area contributed by atoms with Gasteiger partial charge in [0, 0.05) is 27.2 Å². The molecule has 152 valence electrons. The lowest BCUT2D eigenvalue weighted by atomic mass is 10.1. The van der Waals surface area contributed by atoms with Gasteiger partial charge in [0.1, 0.15) is 0 Å². The Morgan fingerprint density at radius 1 is 1.07 bits per heavy atom. The Bertz CT molecular complexity index is 1040. The van der Waals surface area contributed by atoms with Gasteiger partial charge in [-0.15, -0.1) is 17.8 Å². The second-order valence-corrected chi connectivity index (χ2v) is 8.24. The van der Waals surface area contributed by atoms with Gasteiger partial charge in [-0.1, -0.05) is 59.6 Å². The minimum Gasteiger partial charge on any atom is -0.354 e. The van der Waals surface area contributed by atoms with Crippen LogP contribution in [0.2, 0.25) is 10.0 Å². The van der Waals surface area contributed by atoms with Crippen molar-refractivity contribution in [1.82, 2.24) is 5.32 Å². The molecule has 1 aromatic heterocycles. The van der Waals surface area contributed by atoms with E-state index in [1.54, 1.807) is 24.3 Å². The first kappa shape index (κ1) is 21.9. The number of benzene rings is 2. The first-order chi connectivity index (χ1) is 14.5. The van der Waals surface area contributed by atoms with Gasteiger partial charge >= 0.3 is 5.91 Å². The Morgan fingerprint density at radius 2 is 1.77 bits per heavy atom. The van der Waals surface area contributed by atoms with Crippen LogP contribution in [0.4, 0.5) is 5.69 Å². The number of hydrogen-bond acceptors (Lipinski definition) is 3. The normalized spacial score (nSPS) is 11.4. The summed E-state index contributed by atoms with van der Waals surface area (Å²) in [5.74, 6) is 1.11. The summed E-state index contributed by atoms with van der Waals surface area (Å²) < 4.78 is 0. The van der Waals surface area contributed by atoms with E-state index in [9.17, 15) is 9.59 Å². The summed E-state index contributed by atoms with van der Waals surface area (Å²) in [7, 11) is 0. The Kier molecular flexibility index (Phi) is 7.53. The summed E-state index contributed by atoms with van der Waals surface area (Å²) in [4.78, 5) is 27.8. The molecule has 0 aliphatic rings. The van der Waals surface area contributed by atoms with Crippen LogP contribution < -0.4 is 10.2 Å². The number of carbonyl (C=O) groups is 2. The van der Waals surface area contributed by atoms with Crippen molar-refractivity contribution in [3.8, 4) is 12.3 Å². The van der Waals surface area contributed by atoms with Crippen LogP contribution in [0.25, 0.3) is 0 Å². The van der Waals surface area contributed by atoms with E-state index in [0.29, 0.717) is 33.6 Å². The zero-order chi connectivity index (χ0) is 21.5. The first-order valence-electron chi connectivity index (χ1n) is 9.10. The third kappa shape index (κ3) is 5.43. The van der Waals surface area contributed by atoms with Crippen molar-refractivity contribution in [2.45, 2.75) is 12.5 Å². The van der Waals surface area contributed by atoms with Crippen molar-refractivity contribution in [2.75, 3.05) is 11.4 Å². The van der Waals surface area contributed by atoms with E-state index in [2.05, 4.69) is 11.2 Å². The largest absolute Gasteiger partial charge is 0.354 e. The van der Waals surface area contributed by atoms with Gasteiger partial charge in [-0.05, 0) is 47.6 Å². The average molecular weight is 457 g/mol. The number of amides is 2. The molecule has 0 aliphatic carbocycles. The molecule has 2 amide bonds. The fraction of sp³-hybridized carbons (Fsp3) is 0.130. The number of nitrogens with zero attached hydrogens (tertiary/aromatic N) is 1. The monoisotopic (exact) mass is 456 g/mol. The SMILES string of the molecule is C#CC(=O)N(c1cc(Cl)cc(Cl)c1)C(C(=O)NCCc1ccccc1)c1cccs1. The van der Waals surface area contributed by atoms with E-state index in [0.717, 1.165) is 5.56 Å². The van der Waals surface area contributed by atoms with Gasteiger partial charge < -0.3 is 5.32 Å². The summed E-state index contributed by atoms with van der Waals surface area (Å²) in [6, 6.07) is 17.1. The van der Waals surface area contributed by atoms with Crippen molar-refractivity contribution in [3.05, 3.63) is 86.5 Å². The number of nitrogens with one attached hydrogen (secondary N) is 1. The minimum absolute atomic E-state index is 0.335. The predicted octanol–water partition coefficient (Wildman–Crippen LogP) is 5.12. The molecule has 1 atom stereocenters. The molecule has 7 heteroatoms. The number of terminal acetylenes is 1. The van der Waals surface area contributed by atoms with E-state index >= 15 is 0 Å². The lowest BCUT2D eigenvalue weighted by Crippen LogP contribution is -2.43. The molecule has 1 unspecified atom stereocenters. The molecule has 3 aromatic rings. The molecule has 30 heavy (non-hydrogen) atoms. The fourth-order valence-corrected chi connectivity index (χ4v) is 4.35. The van der Waals surface area contributed by atoms with Crippen molar-refractivity contribution in [2.24, 2.45) is 0 Å². The summed E-state index contributed by atoms with van der Waals surface area (Å²) in [5.41, 5.74) is 1.45. The predicted molar refractivity (Wildman–Crippen MR) is 123 cm³/mol. The van der Waals surface area contributed by atoms with Gasteiger partial charge in [-0.3, -0.25) is 14.5 Å². The standard InChI is InChI=1S/C23H18Cl2N2O2S/c1-2-21(28)27(19-14-17(24)13-18(25)15-19)22(20-9-6-12-30-20)23(29)26-11-10-16-7-4-3-5-8-16/h1,3-9,12-15,22H,10-11H2,(H,26,29). The van der Waals surface area contributed by atoms with E-state index in [1.807, 2.05) is 41.8 Å². The number of thiophene rings is 1. The first-order valence-corrected chi connectivity index (χ1v) is 10.7. The third-order valence-corrected chi connectivity index (χ3v) is 5.70. The topological polar surface area (TPSA) is 49.4 Å². The number of carbonyl (C=O) groups excluding carboxylic acids is 2. The molecule has 1 heterocycles. The smallest absolute Gasteiger partial charge is 0.303 e. The molecule has 3 rings (SSSR count). The quantitative estimate of drug-likeness (QED) is 0.501. The van der Waals surface area contributed by atoms with Crippen LogP contribution in [0, 0.1) is 12.3 Å². The van der Waals surface area contributed by atoms with E-state index in [4.69, 9.17) is 29.6 Å². The van der Waals surface area contributed by atoms with Crippen molar-refractivity contribution in [1.29, 1.82) is 0 Å². The minimum atomic E-state index is -0.946. The highest BCUT2D eigenvalue weighted by molar-refractivity contribution is 7.10. The van der Waals surface area contributed by atoms with Crippen LogP contribution in [-0.4, -0.2) is 18.4 Å². The van der Waals surface area contributed by atoms with Crippen molar-refractivity contribution < 1.29 is 9.59 Å². The molecule has 0 spiro atoms. The van der Waals surface area contributed by atoms with E-state index in [-0.39, 0.29) is 5.91 Å². The highest BCUT2D eigenvalue weighted by atomic mass is 35.5. The van der Waals surface area contributed by atoms with Gasteiger partial charge in [-0.25, -0.2) is 0 Å². The van der Waals surface area contributed by atoms with Crippen molar-refractivity contribution >= 4 is 52.0 Å². The molecule has 0 saturated heterocycles. The maximum atomic E-state index is 13.2. The molecule has 0 fully saturated rings. The zero-order valence-electron chi connectivity index (χ0n) is 15.8. The maximum absolute atomic E-state index is 13.2. The van der Waals surface area contributed by atoms with Crippen LogP contribution in [0.3, 0.4) is 0 Å². The van der Waals surface area contributed by atoms with Gasteiger partial charge in [0.25, 0.3) is 0 Å². The molecule has 0 aliphatic heterocycles. The summed E-state index contributed by atoms with van der Waals surface area (Å²) in [5, 5.41) is 5.42. The Morgan fingerprint density at radius 3 is 2.37 bits per heavy atom. The Labute approximate surface area is 189 Å². The van der Waals surface area contributed by atoms with Crippen LogP contribution in [-0.2, 0) is 16.0 Å². The second-order valence-electron chi connectivity index (χ2n) is 6.39. The molecular formula is C23H18Cl2N2O2S. The van der Waals surface area contributed by atoms with Gasteiger partial charge in [-0.2, -0.15) is 0 Å². The highest BCUT2D eigenvalue weighted by Gasteiger charge is 2.33. The second kappa shape index (κ2) is 10.3. The zero-order valence-corrected chi connectivity index (χ0v) is 18.2. The van der Waals surface area contributed by atoms with Crippen LogP contribution in [0.1, 0.15) is 16.5 Å². The number of rotatable bonds is 7. The fourth-order valence-electron chi connectivity index (χ4n) is 3.02. The molecule has 4 nitrogen and oxygen atoms in total. The van der Waals surface area contributed by atoms with Crippen LogP contribution in [0.15, 0.2) is 66.0 Å². The van der Waals surface area contributed by atoms with Gasteiger partial charge in [0.05, 0.1) is 0 Å². The van der Waals surface area contributed by atoms with Gasteiger partial charge in [0.15, 0.2) is 6.04 Å². The molecule has 2 aromatic carbocycles. The number of halogens is 2. The lowest BCUT2D eigenvalue weighted by molar-refractivity contribution is -0.125. The highest BCUT2D eigenvalue weighted by Crippen LogP contribution is 2.33.